The van der Waals surface area contributed by atoms with E-state index in [1.165, 1.54) is 12.3 Å². The van der Waals surface area contributed by atoms with Crippen molar-refractivity contribution >= 4 is 11.7 Å². The lowest BCUT2D eigenvalue weighted by molar-refractivity contribution is -0.124. The topological polar surface area (TPSA) is 59.5 Å². The predicted molar refractivity (Wildman–Crippen MR) is 72.2 cm³/mol. The average molecular weight is 292 g/mol. The highest BCUT2D eigenvalue weighted by atomic mass is 19.1. The van der Waals surface area contributed by atoms with Crippen LogP contribution in [-0.4, -0.2) is 47.4 Å². The van der Waals surface area contributed by atoms with Crippen LogP contribution in [0.1, 0.15) is 29.6 Å². The quantitative estimate of drug-likeness (QED) is 0.827. The van der Waals surface area contributed by atoms with Crippen molar-refractivity contribution in [3.63, 3.8) is 0 Å². The highest BCUT2D eigenvalue weighted by Crippen LogP contribution is 2.30. The Balaban J connectivity index is 1.86. The number of carbonyl (C=O) groups excluding carboxylic acids is 2. The van der Waals surface area contributed by atoms with Crippen LogP contribution >= 0.6 is 0 Å². The van der Waals surface area contributed by atoms with E-state index in [9.17, 15) is 14.0 Å². The minimum absolute atomic E-state index is 0.00217. The van der Waals surface area contributed by atoms with Crippen molar-refractivity contribution < 1.29 is 18.7 Å². The van der Waals surface area contributed by atoms with E-state index in [2.05, 4.69) is 4.98 Å². The Morgan fingerprint density at radius 1 is 1.48 bits per heavy atom. The lowest BCUT2D eigenvalue weighted by atomic mass is 9.94. The molecule has 1 saturated heterocycles. The summed E-state index contributed by atoms with van der Waals surface area (Å²) in [4.78, 5) is 29.8. The van der Waals surface area contributed by atoms with Crippen LogP contribution in [0.5, 0.6) is 0 Å². The smallest absolute Gasteiger partial charge is 0.257 e. The molecule has 2 aliphatic rings. The number of morpholine rings is 1. The Morgan fingerprint density at radius 3 is 3.05 bits per heavy atom. The van der Waals surface area contributed by atoms with Crippen molar-refractivity contribution in [2.75, 3.05) is 19.8 Å². The number of nitrogens with zero attached hydrogens (tertiary/aromatic N) is 2. The van der Waals surface area contributed by atoms with Gasteiger partial charge in [0.2, 0.25) is 0 Å². The molecule has 5 nitrogen and oxygen atoms in total. The van der Waals surface area contributed by atoms with E-state index < -0.39 is 5.82 Å². The molecule has 0 bridgehead atoms. The van der Waals surface area contributed by atoms with Gasteiger partial charge in [-0.3, -0.25) is 14.6 Å². The molecule has 1 aromatic heterocycles. The van der Waals surface area contributed by atoms with Gasteiger partial charge >= 0.3 is 0 Å². The van der Waals surface area contributed by atoms with Crippen molar-refractivity contribution in [1.29, 1.82) is 0 Å². The Hall–Kier alpha value is -1.82. The van der Waals surface area contributed by atoms with Gasteiger partial charge in [-0.05, 0) is 18.9 Å². The summed E-state index contributed by atoms with van der Waals surface area (Å²) >= 11 is 0. The lowest BCUT2D eigenvalue weighted by Gasteiger charge is -2.38. The van der Waals surface area contributed by atoms with E-state index >= 15 is 0 Å². The van der Waals surface area contributed by atoms with E-state index in [0.717, 1.165) is 19.0 Å². The number of ketones is 1. The van der Waals surface area contributed by atoms with Gasteiger partial charge in [0.1, 0.15) is 5.78 Å². The molecule has 0 N–H and O–H groups in total. The predicted octanol–water partition coefficient (Wildman–Crippen LogP) is 1.43. The standard InChI is InChI=1S/C15H17FN2O3/c16-12-8-17-5-4-10(12)15(20)18-6-7-21-9-13(18)11-2-1-3-14(11)19/h4-5,8,11,13H,1-3,6-7,9H2. The Kier molecular flexibility index (Phi) is 3.96. The van der Waals surface area contributed by atoms with E-state index in [4.69, 9.17) is 4.74 Å². The molecule has 3 rings (SSSR count). The molecule has 2 heterocycles. The number of aromatic nitrogens is 1. The van der Waals surface area contributed by atoms with Crippen LogP contribution in [0.15, 0.2) is 18.5 Å². The normalized spacial score (nSPS) is 26.1. The Labute approximate surface area is 122 Å². The number of pyridine rings is 1. The minimum Gasteiger partial charge on any atom is -0.377 e. The summed E-state index contributed by atoms with van der Waals surface area (Å²) in [6, 6.07) is 1.09. The fraction of sp³-hybridized carbons (Fsp3) is 0.533. The molecule has 0 radical (unpaired) electrons. The molecule has 0 spiro atoms. The Morgan fingerprint density at radius 2 is 2.33 bits per heavy atom. The van der Waals surface area contributed by atoms with Crippen LogP contribution in [0, 0.1) is 11.7 Å². The highest BCUT2D eigenvalue weighted by Gasteiger charge is 2.39. The van der Waals surface area contributed by atoms with Gasteiger partial charge in [-0.25, -0.2) is 4.39 Å². The number of amides is 1. The molecule has 1 aliphatic heterocycles. The summed E-state index contributed by atoms with van der Waals surface area (Å²) in [5.74, 6) is -1.02. The van der Waals surface area contributed by atoms with Gasteiger partial charge in [0.05, 0.1) is 31.0 Å². The van der Waals surface area contributed by atoms with E-state index in [-0.39, 0.29) is 29.2 Å². The third-order valence-corrected chi connectivity index (χ3v) is 4.25. The van der Waals surface area contributed by atoms with Gasteiger partial charge in [0, 0.05) is 25.1 Å². The molecular weight excluding hydrogens is 275 g/mol. The van der Waals surface area contributed by atoms with Crippen LogP contribution in [0.4, 0.5) is 4.39 Å². The molecule has 0 aromatic carbocycles. The first-order chi connectivity index (χ1) is 10.2. The molecule has 21 heavy (non-hydrogen) atoms. The van der Waals surface area contributed by atoms with Crippen molar-refractivity contribution in [2.24, 2.45) is 5.92 Å². The number of halogens is 1. The van der Waals surface area contributed by atoms with Gasteiger partial charge in [0.15, 0.2) is 5.82 Å². The van der Waals surface area contributed by atoms with E-state index in [0.29, 0.717) is 26.2 Å². The van der Waals surface area contributed by atoms with Crippen molar-refractivity contribution in [1.82, 2.24) is 9.88 Å². The third-order valence-electron chi connectivity index (χ3n) is 4.25. The molecule has 6 heteroatoms. The van der Waals surface area contributed by atoms with Crippen LogP contribution in [-0.2, 0) is 9.53 Å². The number of hydrogen-bond acceptors (Lipinski definition) is 4. The number of ether oxygens (including phenoxy) is 1. The fourth-order valence-corrected chi connectivity index (χ4v) is 3.16. The third kappa shape index (κ3) is 2.68. The molecule has 1 amide bonds. The van der Waals surface area contributed by atoms with Crippen molar-refractivity contribution in [3.8, 4) is 0 Å². The van der Waals surface area contributed by atoms with Gasteiger partial charge in [-0.2, -0.15) is 0 Å². The summed E-state index contributed by atoms with van der Waals surface area (Å²) in [5.41, 5.74) is 0.00217. The largest absolute Gasteiger partial charge is 0.377 e. The molecule has 2 unspecified atom stereocenters. The van der Waals surface area contributed by atoms with Crippen LogP contribution in [0.2, 0.25) is 0 Å². The minimum atomic E-state index is -0.634. The molecule has 1 aliphatic carbocycles. The van der Waals surface area contributed by atoms with Crippen LogP contribution < -0.4 is 0 Å². The molecule has 1 aromatic rings. The molecule has 112 valence electrons. The van der Waals surface area contributed by atoms with E-state index in [1.54, 1.807) is 4.90 Å². The maximum Gasteiger partial charge on any atom is 0.257 e. The zero-order valence-electron chi connectivity index (χ0n) is 11.6. The average Bonchev–Trinajstić information content (AvgIpc) is 2.93. The molecule has 2 atom stereocenters. The maximum absolute atomic E-state index is 13.8. The summed E-state index contributed by atoms with van der Waals surface area (Å²) in [6.45, 7) is 1.14. The summed E-state index contributed by atoms with van der Waals surface area (Å²) in [6.07, 6.45) is 4.61. The van der Waals surface area contributed by atoms with Gasteiger partial charge < -0.3 is 9.64 Å². The fourth-order valence-electron chi connectivity index (χ4n) is 3.16. The molecule has 1 saturated carbocycles. The second-order valence-corrected chi connectivity index (χ2v) is 5.46. The zero-order valence-corrected chi connectivity index (χ0v) is 11.6. The van der Waals surface area contributed by atoms with Gasteiger partial charge in [-0.15, -0.1) is 0 Å². The van der Waals surface area contributed by atoms with Crippen LogP contribution in [0.25, 0.3) is 0 Å². The summed E-state index contributed by atoms with van der Waals surface area (Å²) in [7, 11) is 0. The van der Waals surface area contributed by atoms with Crippen molar-refractivity contribution in [3.05, 3.63) is 29.8 Å². The first kappa shape index (κ1) is 14.1. The summed E-state index contributed by atoms with van der Waals surface area (Å²) in [5, 5.41) is 0. The zero-order chi connectivity index (χ0) is 14.8. The van der Waals surface area contributed by atoms with Gasteiger partial charge in [0.25, 0.3) is 5.91 Å². The second kappa shape index (κ2) is 5.89. The van der Waals surface area contributed by atoms with E-state index in [1.807, 2.05) is 0 Å². The highest BCUT2D eigenvalue weighted by molar-refractivity contribution is 5.95. The lowest BCUT2D eigenvalue weighted by Crippen LogP contribution is -2.53. The summed E-state index contributed by atoms with van der Waals surface area (Å²) < 4.78 is 19.2. The number of carbonyl (C=O) groups is 2. The Bertz CT molecular complexity index is 564. The molecule has 2 fully saturated rings. The van der Waals surface area contributed by atoms with Gasteiger partial charge in [-0.1, -0.05) is 0 Å². The molecular formula is C15H17FN2O3. The monoisotopic (exact) mass is 292 g/mol. The maximum atomic E-state index is 13.8. The van der Waals surface area contributed by atoms with Crippen molar-refractivity contribution in [2.45, 2.75) is 25.3 Å². The SMILES string of the molecule is O=C1CCCC1C1COCCN1C(=O)c1ccncc1F. The first-order valence-electron chi connectivity index (χ1n) is 7.19. The second-order valence-electron chi connectivity index (χ2n) is 5.46. The first-order valence-corrected chi connectivity index (χ1v) is 7.19. The number of hydrogen-bond donors (Lipinski definition) is 0. The van der Waals surface area contributed by atoms with Crippen LogP contribution in [0.3, 0.4) is 0 Å². The number of rotatable bonds is 2. The number of Topliss-reactive ketones (excluding diaryl/α,β-unsaturated/α-hetero) is 1.